The SMILES string of the molecule is CC[C@@]12C=CCCOC(=O)[C@@H]1[C@H]1C(=O)N([C@@H](CO)CC(C)C)C3C(=O)N(c4ccc(OC)cc4)CC=C[C@@]31O2. The number of hydrogen-bond acceptors (Lipinski definition) is 7. The fourth-order valence-electron chi connectivity index (χ4n) is 6.88. The Balaban J connectivity index is 1.68. The van der Waals surface area contributed by atoms with E-state index in [1.807, 2.05) is 45.1 Å². The minimum absolute atomic E-state index is 0.158. The summed E-state index contributed by atoms with van der Waals surface area (Å²) < 4.78 is 17.8. The van der Waals surface area contributed by atoms with E-state index in [2.05, 4.69) is 0 Å². The molecule has 4 heterocycles. The first kappa shape index (κ1) is 27.4. The van der Waals surface area contributed by atoms with Crippen molar-refractivity contribution in [1.82, 2.24) is 4.90 Å². The molecule has 2 fully saturated rings. The highest BCUT2D eigenvalue weighted by atomic mass is 16.6. The van der Waals surface area contributed by atoms with Crippen LogP contribution < -0.4 is 9.64 Å². The van der Waals surface area contributed by atoms with Crippen molar-refractivity contribution in [3.63, 3.8) is 0 Å². The lowest BCUT2D eigenvalue weighted by Gasteiger charge is -2.41. The topological polar surface area (TPSA) is 106 Å². The molecule has 0 bridgehead atoms. The molecule has 2 amide bonds. The highest BCUT2D eigenvalue weighted by Crippen LogP contribution is 2.59. The maximum absolute atomic E-state index is 14.6. The van der Waals surface area contributed by atoms with Gasteiger partial charge < -0.3 is 29.1 Å². The standard InChI is InChI=1S/C30H38N2O7/c1-5-29-13-6-7-16-38-28(36)24(29)23-26(34)32(21(18-33)17-19(2)3)25-27(35)31(15-8-14-30(23,25)39-29)20-9-11-22(37-4)12-10-20/h6,8-14,19,21,23-25,33H,5,7,15-18H2,1-4H3/t21-,23+,24+,25?,29-,30+/m1/s1. The summed E-state index contributed by atoms with van der Waals surface area (Å²) in [4.78, 5) is 45.7. The third-order valence-electron chi connectivity index (χ3n) is 8.57. The third kappa shape index (κ3) is 4.26. The molecule has 0 aliphatic carbocycles. The molecule has 1 aromatic carbocycles. The van der Waals surface area contributed by atoms with Crippen molar-refractivity contribution in [3.8, 4) is 5.75 Å². The van der Waals surface area contributed by atoms with E-state index < -0.39 is 41.1 Å². The minimum Gasteiger partial charge on any atom is -0.497 e. The Hall–Kier alpha value is -3.17. The molecule has 4 aliphatic heterocycles. The van der Waals surface area contributed by atoms with Crippen LogP contribution >= 0.6 is 0 Å². The summed E-state index contributed by atoms with van der Waals surface area (Å²) in [6.45, 7) is 6.11. The lowest BCUT2D eigenvalue weighted by Crippen LogP contribution is -2.59. The molecule has 9 nitrogen and oxygen atoms in total. The zero-order chi connectivity index (χ0) is 27.9. The molecule has 1 N–H and O–H groups in total. The van der Waals surface area contributed by atoms with E-state index >= 15 is 0 Å². The molecular formula is C30H38N2O7. The van der Waals surface area contributed by atoms with E-state index in [-0.39, 0.29) is 37.5 Å². The summed E-state index contributed by atoms with van der Waals surface area (Å²) >= 11 is 0. The number of nitrogens with zero attached hydrogens (tertiary/aromatic N) is 2. The van der Waals surface area contributed by atoms with Crippen molar-refractivity contribution in [1.29, 1.82) is 0 Å². The normalized spacial score (nSPS) is 32.8. The average Bonchev–Trinajstić information content (AvgIpc) is 3.27. The van der Waals surface area contributed by atoms with Crippen LogP contribution in [0.5, 0.6) is 5.75 Å². The van der Waals surface area contributed by atoms with Crippen molar-refractivity contribution in [2.24, 2.45) is 17.8 Å². The largest absolute Gasteiger partial charge is 0.497 e. The van der Waals surface area contributed by atoms with E-state index in [9.17, 15) is 19.5 Å². The van der Waals surface area contributed by atoms with Crippen molar-refractivity contribution in [2.45, 2.75) is 63.3 Å². The van der Waals surface area contributed by atoms with Crippen LogP contribution in [0.2, 0.25) is 0 Å². The zero-order valence-electron chi connectivity index (χ0n) is 23.0. The van der Waals surface area contributed by atoms with Crippen LogP contribution in [0, 0.1) is 17.8 Å². The second kappa shape index (κ2) is 10.4. The number of methoxy groups -OCH3 is 1. The van der Waals surface area contributed by atoms with Gasteiger partial charge in [-0.2, -0.15) is 0 Å². The van der Waals surface area contributed by atoms with Crippen LogP contribution in [0.4, 0.5) is 5.69 Å². The Morgan fingerprint density at radius 2 is 1.82 bits per heavy atom. The van der Waals surface area contributed by atoms with Crippen LogP contribution in [0.1, 0.15) is 40.0 Å². The molecule has 2 saturated heterocycles. The molecule has 4 aliphatic rings. The highest BCUT2D eigenvalue weighted by molar-refractivity contribution is 6.05. The average molecular weight is 539 g/mol. The number of aliphatic hydroxyl groups is 1. The van der Waals surface area contributed by atoms with Crippen LogP contribution in [-0.4, -0.2) is 77.9 Å². The predicted octanol–water partition coefficient (Wildman–Crippen LogP) is 2.87. The summed E-state index contributed by atoms with van der Waals surface area (Å²) in [5.41, 5.74) is -1.83. The van der Waals surface area contributed by atoms with Crippen LogP contribution in [0.3, 0.4) is 0 Å². The van der Waals surface area contributed by atoms with E-state index in [1.165, 1.54) is 4.90 Å². The maximum atomic E-state index is 14.6. The second-order valence-electron chi connectivity index (χ2n) is 11.2. The molecule has 0 aromatic heterocycles. The zero-order valence-corrected chi connectivity index (χ0v) is 23.0. The second-order valence-corrected chi connectivity index (χ2v) is 11.2. The molecule has 1 unspecified atom stereocenters. The number of fused-ring (bicyclic) bond motifs is 2. The maximum Gasteiger partial charge on any atom is 0.313 e. The summed E-state index contributed by atoms with van der Waals surface area (Å²) in [6, 6.07) is 5.49. The number of likely N-dealkylation sites (tertiary alicyclic amines) is 1. The number of amides is 2. The van der Waals surface area contributed by atoms with Crippen LogP contribution in [0.25, 0.3) is 0 Å². The summed E-state index contributed by atoms with van der Waals surface area (Å²) in [7, 11) is 1.58. The Morgan fingerprint density at radius 1 is 1.08 bits per heavy atom. The van der Waals surface area contributed by atoms with Gasteiger partial charge in [0, 0.05) is 12.2 Å². The number of cyclic esters (lactones) is 1. The van der Waals surface area contributed by atoms with E-state index in [1.54, 1.807) is 36.3 Å². The molecule has 0 radical (unpaired) electrons. The number of benzene rings is 1. The molecule has 6 atom stereocenters. The number of rotatable bonds is 7. The van der Waals surface area contributed by atoms with Crippen molar-refractivity contribution < 1.29 is 33.7 Å². The van der Waals surface area contributed by atoms with Crippen molar-refractivity contribution in [3.05, 3.63) is 48.6 Å². The van der Waals surface area contributed by atoms with Gasteiger partial charge in [0.15, 0.2) is 0 Å². The number of hydrogen-bond donors (Lipinski definition) is 1. The van der Waals surface area contributed by atoms with Gasteiger partial charge >= 0.3 is 5.97 Å². The van der Waals surface area contributed by atoms with Gasteiger partial charge in [0.25, 0.3) is 5.91 Å². The third-order valence-corrected chi connectivity index (χ3v) is 8.57. The van der Waals surface area contributed by atoms with Crippen LogP contribution in [-0.2, 0) is 23.9 Å². The summed E-state index contributed by atoms with van der Waals surface area (Å²) in [6.07, 6.45) is 8.96. The number of carbonyl (C=O) groups excluding carboxylic acids is 3. The van der Waals surface area contributed by atoms with Gasteiger partial charge in [0.2, 0.25) is 5.91 Å². The lowest BCUT2D eigenvalue weighted by molar-refractivity contribution is -0.162. The van der Waals surface area contributed by atoms with Gasteiger partial charge in [-0.15, -0.1) is 0 Å². The highest BCUT2D eigenvalue weighted by Gasteiger charge is 2.76. The van der Waals surface area contributed by atoms with Crippen molar-refractivity contribution >= 4 is 23.5 Å². The molecule has 5 rings (SSSR count). The lowest BCUT2D eigenvalue weighted by atomic mass is 9.73. The number of anilines is 1. The van der Waals surface area contributed by atoms with Gasteiger partial charge in [-0.25, -0.2) is 0 Å². The Kier molecular flexibility index (Phi) is 7.33. The first-order valence-electron chi connectivity index (χ1n) is 13.8. The minimum atomic E-state index is -1.39. The molecule has 1 aromatic rings. The van der Waals surface area contributed by atoms with Gasteiger partial charge in [0.05, 0.1) is 32.3 Å². The van der Waals surface area contributed by atoms with E-state index in [0.29, 0.717) is 30.7 Å². The number of ether oxygens (including phenoxy) is 3. The molecule has 1 spiro atoms. The van der Waals surface area contributed by atoms with Crippen LogP contribution in [0.15, 0.2) is 48.6 Å². The quantitative estimate of drug-likeness (QED) is 0.420. The van der Waals surface area contributed by atoms with E-state index in [4.69, 9.17) is 14.2 Å². The summed E-state index contributed by atoms with van der Waals surface area (Å²) in [5, 5.41) is 10.5. The molecular weight excluding hydrogens is 500 g/mol. The monoisotopic (exact) mass is 538 g/mol. The van der Waals surface area contributed by atoms with E-state index in [0.717, 1.165) is 0 Å². The number of carbonyl (C=O) groups is 3. The first-order chi connectivity index (χ1) is 18.7. The smallest absolute Gasteiger partial charge is 0.313 e. The number of aliphatic hydroxyl groups excluding tert-OH is 1. The Labute approximate surface area is 229 Å². The van der Waals surface area contributed by atoms with Gasteiger partial charge in [-0.3, -0.25) is 14.4 Å². The van der Waals surface area contributed by atoms with Crippen molar-refractivity contribution in [2.75, 3.05) is 31.8 Å². The summed E-state index contributed by atoms with van der Waals surface area (Å²) in [5.74, 6) is -2.23. The van der Waals surface area contributed by atoms with Gasteiger partial charge in [-0.05, 0) is 49.4 Å². The molecule has 39 heavy (non-hydrogen) atoms. The number of esters is 1. The molecule has 9 heteroatoms. The molecule has 210 valence electrons. The fraction of sp³-hybridized carbons (Fsp3) is 0.567. The Bertz CT molecular complexity index is 1180. The predicted molar refractivity (Wildman–Crippen MR) is 144 cm³/mol. The van der Waals surface area contributed by atoms with Gasteiger partial charge in [0.1, 0.15) is 28.9 Å². The fourth-order valence-corrected chi connectivity index (χ4v) is 6.88. The Morgan fingerprint density at radius 3 is 2.46 bits per heavy atom. The molecule has 0 saturated carbocycles. The first-order valence-corrected chi connectivity index (χ1v) is 13.8. The van der Waals surface area contributed by atoms with Gasteiger partial charge in [-0.1, -0.05) is 45.1 Å².